The van der Waals surface area contributed by atoms with Crippen LogP contribution in [-0.2, 0) is 6.42 Å². The Balaban J connectivity index is 1.84. The van der Waals surface area contributed by atoms with Gasteiger partial charge < -0.3 is 4.74 Å². The Kier molecular flexibility index (Phi) is 5.29. The maximum absolute atomic E-state index is 12.4. The van der Waals surface area contributed by atoms with Gasteiger partial charge in [0.1, 0.15) is 10.8 Å². The summed E-state index contributed by atoms with van der Waals surface area (Å²) in [4.78, 5) is 22.8. The largest absolute Gasteiger partial charge is 0.423 e. The smallest absolute Gasteiger partial charge is 0.343 e. The van der Waals surface area contributed by atoms with E-state index in [1.54, 1.807) is 12.1 Å². The van der Waals surface area contributed by atoms with E-state index in [-0.39, 0.29) is 16.3 Å². The van der Waals surface area contributed by atoms with Crippen molar-refractivity contribution < 1.29 is 14.5 Å². The molecule has 0 unspecified atom stereocenters. The SMILES string of the molecule is O=C(Oc1ccccc1Cc1ccccc1)c1ccc(Cl)c([N+](=O)[O-])c1. The molecule has 3 aromatic rings. The molecule has 0 atom stereocenters. The molecule has 0 aromatic heterocycles. The topological polar surface area (TPSA) is 69.4 Å². The normalized spacial score (nSPS) is 10.3. The first-order chi connectivity index (χ1) is 12.5. The number of hydrogen-bond acceptors (Lipinski definition) is 4. The third-order valence-electron chi connectivity index (χ3n) is 3.79. The van der Waals surface area contributed by atoms with Crippen LogP contribution in [0.25, 0.3) is 0 Å². The average molecular weight is 368 g/mol. The molecule has 0 saturated carbocycles. The molecule has 0 amide bonds. The number of nitrogens with zero attached hydrogens (tertiary/aromatic N) is 1. The number of carbonyl (C=O) groups is 1. The minimum Gasteiger partial charge on any atom is -0.423 e. The van der Waals surface area contributed by atoms with Crippen LogP contribution < -0.4 is 4.74 Å². The highest BCUT2D eigenvalue weighted by molar-refractivity contribution is 6.32. The highest BCUT2D eigenvalue weighted by Gasteiger charge is 2.18. The van der Waals surface area contributed by atoms with E-state index >= 15 is 0 Å². The fourth-order valence-electron chi connectivity index (χ4n) is 2.50. The van der Waals surface area contributed by atoms with Gasteiger partial charge in [-0.15, -0.1) is 0 Å². The number of ether oxygens (including phenoxy) is 1. The van der Waals surface area contributed by atoms with E-state index in [4.69, 9.17) is 16.3 Å². The molecule has 3 aromatic carbocycles. The number of carbonyl (C=O) groups excluding carboxylic acids is 1. The zero-order valence-corrected chi connectivity index (χ0v) is 14.3. The predicted molar refractivity (Wildman–Crippen MR) is 98.8 cm³/mol. The number of nitro benzene ring substituents is 1. The molecule has 130 valence electrons. The van der Waals surface area contributed by atoms with Crippen LogP contribution in [-0.4, -0.2) is 10.9 Å². The van der Waals surface area contributed by atoms with Gasteiger partial charge in [0.15, 0.2) is 0 Å². The van der Waals surface area contributed by atoms with Crippen LogP contribution in [0.1, 0.15) is 21.5 Å². The van der Waals surface area contributed by atoms with Crippen molar-refractivity contribution in [3.8, 4) is 5.75 Å². The Morgan fingerprint density at radius 1 is 1.00 bits per heavy atom. The van der Waals surface area contributed by atoms with Crippen LogP contribution in [0.2, 0.25) is 5.02 Å². The molecule has 0 heterocycles. The van der Waals surface area contributed by atoms with Crippen molar-refractivity contribution in [2.24, 2.45) is 0 Å². The van der Waals surface area contributed by atoms with Gasteiger partial charge in [0.05, 0.1) is 10.5 Å². The van der Waals surface area contributed by atoms with Crippen LogP contribution >= 0.6 is 11.6 Å². The first kappa shape index (κ1) is 17.6. The molecule has 0 radical (unpaired) electrons. The summed E-state index contributed by atoms with van der Waals surface area (Å²) in [5, 5.41) is 10.9. The van der Waals surface area contributed by atoms with Crippen molar-refractivity contribution in [2.45, 2.75) is 6.42 Å². The quantitative estimate of drug-likeness (QED) is 0.273. The van der Waals surface area contributed by atoms with Crippen molar-refractivity contribution in [1.29, 1.82) is 0 Å². The summed E-state index contributed by atoms with van der Waals surface area (Å²) < 4.78 is 5.47. The molecule has 6 heteroatoms. The van der Waals surface area contributed by atoms with Crippen molar-refractivity contribution >= 4 is 23.3 Å². The summed E-state index contributed by atoms with van der Waals surface area (Å²) in [6.45, 7) is 0. The van der Waals surface area contributed by atoms with Crippen LogP contribution in [0.3, 0.4) is 0 Å². The number of nitro groups is 1. The summed E-state index contributed by atoms with van der Waals surface area (Å²) in [5.74, 6) is -0.260. The van der Waals surface area contributed by atoms with Crippen molar-refractivity contribution in [2.75, 3.05) is 0 Å². The van der Waals surface area contributed by atoms with Crippen LogP contribution in [0.15, 0.2) is 72.8 Å². The number of benzene rings is 3. The Labute approximate surface area is 155 Å². The highest BCUT2D eigenvalue weighted by atomic mass is 35.5. The van der Waals surface area contributed by atoms with Gasteiger partial charge in [-0.2, -0.15) is 0 Å². The van der Waals surface area contributed by atoms with Gasteiger partial charge in [-0.1, -0.05) is 60.1 Å². The zero-order chi connectivity index (χ0) is 18.5. The minimum atomic E-state index is -0.676. The first-order valence-corrected chi connectivity index (χ1v) is 8.20. The third-order valence-corrected chi connectivity index (χ3v) is 4.11. The first-order valence-electron chi connectivity index (χ1n) is 7.82. The Hall–Kier alpha value is -3.18. The molecule has 0 spiro atoms. The average Bonchev–Trinajstić information content (AvgIpc) is 2.64. The molecular formula is C20H14ClNO4. The lowest BCUT2D eigenvalue weighted by atomic mass is 10.0. The molecule has 0 aliphatic rings. The summed E-state index contributed by atoms with van der Waals surface area (Å²) >= 11 is 5.78. The Morgan fingerprint density at radius 3 is 2.42 bits per heavy atom. The van der Waals surface area contributed by atoms with Crippen LogP contribution in [0.5, 0.6) is 5.75 Å². The lowest BCUT2D eigenvalue weighted by Crippen LogP contribution is -2.10. The van der Waals surface area contributed by atoms with Crippen molar-refractivity contribution in [3.63, 3.8) is 0 Å². The number of halogens is 1. The van der Waals surface area contributed by atoms with E-state index in [0.717, 1.165) is 17.2 Å². The molecule has 0 bridgehead atoms. The highest BCUT2D eigenvalue weighted by Crippen LogP contribution is 2.27. The molecule has 3 rings (SSSR count). The van der Waals surface area contributed by atoms with E-state index < -0.39 is 10.9 Å². The zero-order valence-electron chi connectivity index (χ0n) is 13.6. The van der Waals surface area contributed by atoms with Crippen molar-refractivity contribution in [3.05, 3.63) is 105 Å². The molecular weight excluding hydrogens is 354 g/mol. The summed E-state index contributed by atoms with van der Waals surface area (Å²) in [7, 11) is 0. The molecule has 0 fully saturated rings. The second-order valence-corrected chi connectivity index (χ2v) is 5.99. The molecule has 0 aliphatic carbocycles. The summed E-state index contributed by atoms with van der Waals surface area (Å²) in [5.41, 5.74) is 1.66. The Morgan fingerprint density at radius 2 is 1.69 bits per heavy atom. The number of hydrogen-bond donors (Lipinski definition) is 0. The summed E-state index contributed by atoms with van der Waals surface area (Å²) in [6.07, 6.45) is 0.602. The van der Waals surface area contributed by atoms with Gasteiger partial charge in [-0.3, -0.25) is 10.1 Å². The van der Waals surface area contributed by atoms with E-state index in [9.17, 15) is 14.9 Å². The maximum atomic E-state index is 12.4. The standard InChI is InChI=1S/C20H14ClNO4/c21-17-11-10-16(13-18(17)22(24)25)20(23)26-19-9-5-4-8-15(19)12-14-6-2-1-3-7-14/h1-11,13H,12H2. The monoisotopic (exact) mass is 367 g/mol. The lowest BCUT2D eigenvalue weighted by Gasteiger charge is -2.10. The van der Waals surface area contributed by atoms with Crippen LogP contribution in [0.4, 0.5) is 5.69 Å². The number of rotatable bonds is 5. The van der Waals surface area contributed by atoms with Crippen molar-refractivity contribution in [1.82, 2.24) is 0 Å². The molecule has 26 heavy (non-hydrogen) atoms. The number of para-hydroxylation sites is 1. The second-order valence-electron chi connectivity index (χ2n) is 5.58. The Bertz CT molecular complexity index is 957. The molecule has 0 N–H and O–H groups in total. The van der Waals surface area contributed by atoms with Gasteiger partial charge in [0.25, 0.3) is 5.69 Å². The van der Waals surface area contributed by atoms with E-state index in [1.807, 2.05) is 42.5 Å². The fourth-order valence-corrected chi connectivity index (χ4v) is 2.69. The van der Waals surface area contributed by atoms with Gasteiger partial charge in [0.2, 0.25) is 0 Å². The summed E-state index contributed by atoms with van der Waals surface area (Å²) in [6, 6.07) is 20.8. The molecule has 0 aliphatic heterocycles. The van der Waals surface area contributed by atoms with Gasteiger partial charge in [0, 0.05) is 12.5 Å². The fraction of sp³-hybridized carbons (Fsp3) is 0.0500. The van der Waals surface area contributed by atoms with E-state index in [1.165, 1.54) is 12.1 Å². The van der Waals surface area contributed by atoms with Gasteiger partial charge in [-0.25, -0.2) is 4.79 Å². The van der Waals surface area contributed by atoms with Gasteiger partial charge in [-0.05, 0) is 29.3 Å². The second kappa shape index (κ2) is 7.80. The third kappa shape index (κ3) is 4.07. The van der Waals surface area contributed by atoms with E-state index in [0.29, 0.717) is 12.2 Å². The molecule has 5 nitrogen and oxygen atoms in total. The predicted octanol–water partition coefficient (Wildman–Crippen LogP) is 5.06. The van der Waals surface area contributed by atoms with E-state index in [2.05, 4.69) is 0 Å². The number of esters is 1. The van der Waals surface area contributed by atoms with Gasteiger partial charge >= 0.3 is 5.97 Å². The molecule has 0 saturated heterocycles. The van der Waals surface area contributed by atoms with Crippen LogP contribution in [0, 0.1) is 10.1 Å². The maximum Gasteiger partial charge on any atom is 0.343 e. The lowest BCUT2D eigenvalue weighted by molar-refractivity contribution is -0.384. The minimum absolute atomic E-state index is 0.0315.